The number of thiazole rings is 1. The van der Waals surface area contributed by atoms with Crippen molar-refractivity contribution in [2.75, 3.05) is 19.0 Å². The summed E-state index contributed by atoms with van der Waals surface area (Å²) >= 11 is 1.38. The van der Waals surface area contributed by atoms with Crippen molar-refractivity contribution in [1.29, 1.82) is 0 Å². The van der Waals surface area contributed by atoms with E-state index in [2.05, 4.69) is 20.6 Å². The van der Waals surface area contributed by atoms with E-state index in [4.69, 9.17) is 9.47 Å². The molecule has 6 rings (SSSR count). The van der Waals surface area contributed by atoms with Crippen molar-refractivity contribution in [3.63, 3.8) is 0 Å². The lowest BCUT2D eigenvalue weighted by atomic mass is 9.81. The number of carboxylic acids is 1. The number of benzene rings is 2. The van der Waals surface area contributed by atoms with E-state index in [0.29, 0.717) is 35.2 Å². The smallest absolute Gasteiger partial charge is 0.314 e. The van der Waals surface area contributed by atoms with Crippen LogP contribution < -0.4 is 20.1 Å². The quantitative estimate of drug-likeness (QED) is 0.241. The fourth-order valence-electron chi connectivity index (χ4n) is 5.51. The fourth-order valence-corrected chi connectivity index (χ4v) is 6.05. The minimum absolute atomic E-state index is 0.121. The third kappa shape index (κ3) is 5.28. The van der Waals surface area contributed by atoms with Crippen LogP contribution in [0.2, 0.25) is 0 Å². The van der Waals surface area contributed by atoms with Crippen LogP contribution in [0.3, 0.4) is 0 Å². The summed E-state index contributed by atoms with van der Waals surface area (Å²) in [6, 6.07) is 15.2. The molecule has 0 spiro atoms. The average Bonchev–Trinajstić information content (AvgIpc) is 3.64. The van der Waals surface area contributed by atoms with Crippen LogP contribution in [-0.4, -0.2) is 40.6 Å². The van der Waals surface area contributed by atoms with Gasteiger partial charge in [0, 0.05) is 35.6 Å². The minimum atomic E-state index is -0.766. The lowest BCUT2D eigenvalue weighted by Gasteiger charge is -2.37. The maximum atomic E-state index is 12.9. The summed E-state index contributed by atoms with van der Waals surface area (Å²) in [6.45, 7) is 2.76. The molecular weight excluding hydrogens is 540 g/mol. The van der Waals surface area contributed by atoms with E-state index in [1.807, 2.05) is 60.8 Å². The van der Waals surface area contributed by atoms with Crippen LogP contribution in [0.4, 0.5) is 5.13 Å². The van der Waals surface area contributed by atoms with Gasteiger partial charge in [0.25, 0.3) is 0 Å². The molecule has 4 aromatic rings. The molecule has 1 atom stereocenters. The Bertz CT molecular complexity index is 1580. The lowest BCUT2D eigenvalue weighted by Crippen LogP contribution is -2.47. The summed E-state index contributed by atoms with van der Waals surface area (Å²) in [6.07, 6.45) is 5.70. The molecule has 1 aliphatic carbocycles. The van der Waals surface area contributed by atoms with Gasteiger partial charge in [0.2, 0.25) is 5.91 Å². The zero-order valence-electron chi connectivity index (χ0n) is 22.8. The van der Waals surface area contributed by atoms with Gasteiger partial charge >= 0.3 is 5.97 Å². The summed E-state index contributed by atoms with van der Waals surface area (Å²) in [5, 5.41) is 18.4. The number of carboxylic acid groups (broad SMARTS) is 1. The lowest BCUT2D eigenvalue weighted by molar-refractivity contribution is -0.140. The molecular formula is C31H30N4O5S. The first-order valence-electron chi connectivity index (χ1n) is 13.4. The Morgan fingerprint density at radius 1 is 1.10 bits per heavy atom. The third-order valence-corrected chi connectivity index (χ3v) is 8.63. The van der Waals surface area contributed by atoms with Gasteiger partial charge in [-0.1, -0.05) is 24.3 Å². The molecule has 1 aliphatic heterocycles. The van der Waals surface area contributed by atoms with Gasteiger partial charge < -0.3 is 25.2 Å². The normalized spacial score (nSPS) is 18.7. The van der Waals surface area contributed by atoms with E-state index >= 15 is 0 Å². The van der Waals surface area contributed by atoms with Crippen molar-refractivity contribution in [2.24, 2.45) is 0 Å². The van der Waals surface area contributed by atoms with E-state index in [1.165, 1.54) is 11.3 Å². The van der Waals surface area contributed by atoms with Gasteiger partial charge in [0.15, 0.2) is 16.6 Å². The Morgan fingerprint density at radius 3 is 2.54 bits per heavy atom. The Balaban J connectivity index is 1.21. The summed E-state index contributed by atoms with van der Waals surface area (Å²) in [5.41, 5.74) is 3.23. The Labute approximate surface area is 241 Å². The molecule has 2 aliphatic rings. The zero-order valence-corrected chi connectivity index (χ0v) is 23.6. The summed E-state index contributed by atoms with van der Waals surface area (Å²) < 4.78 is 11.9. The highest BCUT2D eigenvalue weighted by atomic mass is 32.1. The van der Waals surface area contributed by atoms with E-state index in [-0.39, 0.29) is 12.3 Å². The van der Waals surface area contributed by atoms with Gasteiger partial charge in [-0.15, -0.1) is 11.3 Å². The highest BCUT2D eigenvalue weighted by Crippen LogP contribution is 2.48. The predicted molar refractivity (Wildman–Crippen MR) is 156 cm³/mol. The first kappa shape index (κ1) is 26.9. The monoisotopic (exact) mass is 570 g/mol. The molecule has 1 amide bonds. The number of aromatic nitrogens is 2. The molecule has 1 saturated carbocycles. The number of ether oxygens (including phenoxy) is 2. The Hall–Kier alpha value is -4.28. The first-order chi connectivity index (χ1) is 19.8. The Morgan fingerprint density at radius 2 is 1.90 bits per heavy atom. The Kier molecular flexibility index (Phi) is 6.96. The van der Waals surface area contributed by atoms with Gasteiger partial charge in [0.05, 0.1) is 24.4 Å². The highest BCUT2D eigenvalue weighted by Gasteiger charge is 2.51. The molecule has 210 valence electrons. The van der Waals surface area contributed by atoms with Crippen LogP contribution >= 0.6 is 11.3 Å². The van der Waals surface area contributed by atoms with Crippen LogP contribution in [-0.2, 0) is 27.0 Å². The summed E-state index contributed by atoms with van der Waals surface area (Å²) in [7, 11) is 1.61. The summed E-state index contributed by atoms with van der Waals surface area (Å²) in [5.74, 6) is 0.788. The standard InChI is InChI=1S/C31H30N4O5S/c1-30(17-27(36)35-29-32-13-14-41-29)23-16-26(25(39-2)15-20(23)9-12-34-30)40-22-7-8-24(33-18-22)19-3-5-21(6-4-19)31(10-11-31)28(37)38/h3-8,13-16,18,34H,9-12,17H2,1-2H3,(H,37,38)(H,32,35,36). The van der Waals surface area contributed by atoms with Gasteiger partial charge in [-0.3, -0.25) is 14.6 Å². The number of carbonyl (C=O) groups excluding carboxylic acids is 1. The minimum Gasteiger partial charge on any atom is -0.493 e. The third-order valence-electron chi connectivity index (χ3n) is 7.94. The number of methoxy groups -OCH3 is 1. The molecule has 1 unspecified atom stereocenters. The molecule has 9 nitrogen and oxygen atoms in total. The van der Waals surface area contributed by atoms with E-state index in [1.54, 1.807) is 19.5 Å². The molecule has 3 N–H and O–H groups in total. The van der Waals surface area contributed by atoms with E-state index < -0.39 is 16.9 Å². The number of nitrogens with zero attached hydrogens (tertiary/aromatic N) is 2. The number of nitrogens with one attached hydrogen (secondary N) is 2. The molecule has 0 radical (unpaired) electrons. The molecule has 0 bridgehead atoms. The van der Waals surface area contributed by atoms with E-state index in [9.17, 15) is 14.7 Å². The second-order valence-electron chi connectivity index (χ2n) is 10.7. The largest absolute Gasteiger partial charge is 0.493 e. The number of hydrogen-bond acceptors (Lipinski definition) is 8. The van der Waals surface area contributed by atoms with Crippen LogP contribution in [0, 0.1) is 0 Å². The number of fused-ring (bicyclic) bond motifs is 1. The van der Waals surface area contributed by atoms with Crippen molar-refractivity contribution >= 4 is 28.3 Å². The number of hydrogen-bond donors (Lipinski definition) is 3. The van der Waals surface area contributed by atoms with Gasteiger partial charge in [0.1, 0.15) is 5.75 Å². The van der Waals surface area contributed by atoms with Gasteiger partial charge in [-0.2, -0.15) is 0 Å². The molecule has 41 heavy (non-hydrogen) atoms. The maximum Gasteiger partial charge on any atom is 0.314 e. The highest BCUT2D eigenvalue weighted by molar-refractivity contribution is 7.13. The molecule has 2 aromatic heterocycles. The molecule has 10 heteroatoms. The molecule has 1 fully saturated rings. The SMILES string of the molecule is COc1cc2c(cc1Oc1ccc(-c3ccc(C4(C(=O)O)CC4)cc3)nc1)C(C)(CC(=O)Nc1nccs1)NCC2. The maximum absolute atomic E-state index is 12.9. The number of amides is 1. The first-order valence-corrected chi connectivity index (χ1v) is 14.3. The zero-order chi connectivity index (χ0) is 28.6. The molecule has 3 heterocycles. The topological polar surface area (TPSA) is 123 Å². The van der Waals surface area contributed by atoms with Crippen molar-refractivity contribution in [3.8, 4) is 28.5 Å². The number of aliphatic carboxylic acids is 1. The summed E-state index contributed by atoms with van der Waals surface area (Å²) in [4.78, 5) is 33.2. The van der Waals surface area contributed by atoms with Crippen LogP contribution in [0.1, 0.15) is 42.9 Å². The number of rotatable bonds is 9. The van der Waals surface area contributed by atoms with Crippen molar-refractivity contribution in [3.05, 3.63) is 83.0 Å². The molecule has 0 saturated heterocycles. The number of anilines is 1. The van der Waals surface area contributed by atoms with E-state index in [0.717, 1.165) is 40.9 Å². The number of carbonyl (C=O) groups is 2. The average molecular weight is 571 g/mol. The van der Waals surface area contributed by atoms with Crippen LogP contribution in [0.5, 0.6) is 17.2 Å². The molecule has 2 aromatic carbocycles. The second kappa shape index (κ2) is 10.6. The van der Waals surface area contributed by atoms with Gasteiger partial charge in [-0.05, 0) is 67.1 Å². The fraction of sp³-hybridized carbons (Fsp3) is 0.290. The van der Waals surface area contributed by atoms with Crippen LogP contribution in [0.25, 0.3) is 11.3 Å². The van der Waals surface area contributed by atoms with Crippen LogP contribution in [0.15, 0.2) is 66.3 Å². The van der Waals surface area contributed by atoms with Gasteiger partial charge in [-0.25, -0.2) is 4.98 Å². The van der Waals surface area contributed by atoms with Crippen molar-refractivity contribution in [2.45, 2.75) is 43.6 Å². The van der Waals surface area contributed by atoms with Crippen molar-refractivity contribution < 1.29 is 24.2 Å². The second-order valence-corrected chi connectivity index (χ2v) is 11.6. The van der Waals surface area contributed by atoms with Crippen molar-refractivity contribution in [1.82, 2.24) is 15.3 Å². The number of pyridine rings is 1. The predicted octanol–water partition coefficient (Wildman–Crippen LogP) is 5.51.